The van der Waals surface area contributed by atoms with Crippen molar-refractivity contribution in [1.29, 1.82) is 0 Å². The van der Waals surface area contributed by atoms with Gasteiger partial charge in [0, 0.05) is 5.02 Å². The first-order valence-corrected chi connectivity index (χ1v) is 7.50. The fourth-order valence-corrected chi connectivity index (χ4v) is 3.17. The van der Waals surface area contributed by atoms with Crippen molar-refractivity contribution in [1.82, 2.24) is 4.98 Å². The summed E-state index contributed by atoms with van der Waals surface area (Å²) in [6.07, 6.45) is 0. The van der Waals surface area contributed by atoms with Crippen molar-refractivity contribution >= 4 is 44.2 Å². The van der Waals surface area contributed by atoms with Crippen LogP contribution in [0.5, 0.6) is 5.75 Å². The normalized spacial score (nSPS) is 10.9. The van der Waals surface area contributed by atoms with E-state index in [1.54, 1.807) is 13.0 Å². The number of carbonyl (C=O) groups is 1. The lowest BCUT2D eigenvalue weighted by atomic mass is 10.2. The summed E-state index contributed by atoms with van der Waals surface area (Å²) in [7, 11) is 0. The minimum absolute atomic E-state index is 0.0309. The molecular formula is C15H10ClFN2O2S. The quantitative estimate of drug-likeness (QED) is 0.731. The van der Waals surface area contributed by atoms with Crippen LogP contribution in [-0.4, -0.2) is 16.0 Å². The minimum Gasteiger partial charge on any atom is -0.507 e. The molecule has 0 fully saturated rings. The van der Waals surface area contributed by atoms with E-state index in [-0.39, 0.29) is 22.0 Å². The number of aromatic nitrogens is 1. The van der Waals surface area contributed by atoms with Crippen molar-refractivity contribution in [2.24, 2.45) is 0 Å². The van der Waals surface area contributed by atoms with Gasteiger partial charge in [-0.1, -0.05) is 22.9 Å². The van der Waals surface area contributed by atoms with Gasteiger partial charge >= 0.3 is 0 Å². The molecular weight excluding hydrogens is 327 g/mol. The molecule has 22 heavy (non-hydrogen) atoms. The average Bonchev–Trinajstić information content (AvgIpc) is 2.84. The van der Waals surface area contributed by atoms with Crippen LogP contribution in [0.4, 0.5) is 9.52 Å². The first kappa shape index (κ1) is 14.7. The van der Waals surface area contributed by atoms with Gasteiger partial charge in [0.25, 0.3) is 5.91 Å². The van der Waals surface area contributed by atoms with Gasteiger partial charge in [-0.25, -0.2) is 9.37 Å². The summed E-state index contributed by atoms with van der Waals surface area (Å²) in [5.41, 5.74) is 1.02. The zero-order valence-electron chi connectivity index (χ0n) is 11.4. The summed E-state index contributed by atoms with van der Waals surface area (Å²) in [6.45, 7) is 1.78. The SMILES string of the molecule is Cc1cc(F)c2nc(NC(=O)c3cc(Cl)ccc3O)sc2c1. The van der Waals surface area contributed by atoms with Gasteiger partial charge in [0.2, 0.25) is 0 Å². The molecule has 1 amide bonds. The molecule has 1 aromatic heterocycles. The highest BCUT2D eigenvalue weighted by Crippen LogP contribution is 2.30. The second kappa shape index (κ2) is 5.55. The molecule has 0 aliphatic rings. The topological polar surface area (TPSA) is 62.2 Å². The van der Waals surface area contributed by atoms with E-state index in [0.717, 1.165) is 16.9 Å². The lowest BCUT2D eigenvalue weighted by molar-refractivity contribution is 0.102. The van der Waals surface area contributed by atoms with E-state index in [1.165, 1.54) is 24.3 Å². The van der Waals surface area contributed by atoms with Crippen LogP contribution in [0.1, 0.15) is 15.9 Å². The van der Waals surface area contributed by atoms with E-state index in [4.69, 9.17) is 11.6 Å². The second-order valence-corrected chi connectivity index (χ2v) is 6.20. The Hall–Kier alpha value is -2.18. The Morgan fingerprint density at radius 3 is 2.91 bits per heavy atom. The molecule has 0 atom stereocenters. The van der Waals surface area contributed by atoms with Crippen molar-refractivity contribution in [3.63, 3.8) is 0 Å². The number of fused-ring (bicyclic) bond motifs is 1. The second-order valence-electron chi connectivity index (χ2n) is 4.73. The number of hydrogen-bond donors (Lipinski definition) is 2. The molecule has 3 rings (SSSR count). The number of hydrogen-bond acceptors (Lipinski definition) is 4. The van der Waals surface area contributed by atoms with Crippen LogP contribution in [0, 0.1) is 12.7 Å². The number of amides is 1. The Morgan fingerprint density at radius 1 is 1.36 bits per heavy atom. The zero-order valence-corrected chi connectivity index (χ0v) is 12.9. The van der Waals surface area contributed by atoms with Crippen molar-refractivity contribution in [2.75, 3.05) is 5.32 Å². The summed E-state index contributed by atoms with van der Waals surface area (Å²) in [6, 6.07) is 7.34. The van der Waals surface area contributed by atoms with Crippen LogP contribution in [-0.2, 0) is 0 Å². The Labute approximate surface area is 134 Å². The van der Waals surface area contributed by atoms with Crippen molar-refractivity contribution in [3.8, 4) is 5.75 Å². The number of aromatic hydroxyl groups is 1. The molecule has 3 aromatic rings. The Kier molecular flexibility index (Phi) is 3.72. The molecule has 0 spiro atoms. The molecule has 0 radical (unpaired) electrons. The number of phenols is 1. The number of rotatable bonds is 2. The maximum Gasteiger partial charge on any atom is 0.261 e. The predicted octanol–water partition coefficient (Wildman–Crippen LogP) is 4.36. The molecule has 112 valence electrons. The van der Waals surface area contributed by atoms with Gasteiger partial charge in [0.05, 0.1) is 10.3 Å². The molecule has 0 saturated carbocycles. The van der Waals surface area contributed by atoms with Gasteiger partial charge in [-0.2, -0.15) is 0 Å². The molecule has 0 aliphatic carbocycles. The summed E-state index contributed by atoms with van der Waals surface area (Å²) >= 11 is 6.97. The highest BCUT2D eigenvalue weighted by molar-refractivity contribution is 7.22. The maximum atomic E-state index is 13.8. The third-order valence-electron chi connectivity index (χ3n) is 3.02. The van der Waals surface area contributed by atoms with E-state index in [1.807, 2.05) is 0 Å². The molecule has 0 bridgehead atoms. The van der Waals surface area contributed by atoms with Gasteiger partial charge in [0.1, 0.15) is 11.3 Å². The highest BCUT2D eigenvalue weighted by atomic mass is 35.5. The van der Waals surface area contributed by atoms with E-state index in [9.17, 15) is 14.3 Å². The predicted molar refractivity (Wildman–Crippen MR) is 85.4 cm³/mol. The number of nitrogens with zero attached hydrogens (tertiary/aromatic N) is 1. The molecule has 2 aromatic carbocycles. The Morgan fingerprint density at radius 2 is 2.14 bits per heavy atom. The van der Waals surface area contributed by atoms with Crippen LogP contribution in [0.3, 0.4) is 0 Å². The summed E-state index contributed by atoms with van der Waals surface area (Å²) in [5.74, 6) is -1.18. The standard InChI is InChI=1S/C15H10ClFN2O2S/c1-7-4-10(17)13-12(5-7)22-15(18-13)19-14(21)9-6-8(16)2-3-11(9)20/h2-6,20H,1H3,(H,18,19,21). The summed E-state index contributed by atoms with van der Waals surface area (Å²) < 4.78 is 14.5. The van der Waals surface area contributed by atoms with E-state index in [0.29, 0.717) is 9.72 Å². The van der Waals surface area contributed by atoms with Gasteiger partial charge in [-0.05, 0) is 42.8 Å². The maximum absolute atomic E-state index is 13.8. The zero-order chi connectivity index (χ0) is 15.9. The van der Waals surface area contributed by atoms with Crippen LogP contribution in [0.15, 0.2) is 30.3 Å². The van der Waals surface area contributed by atoms with E-state index >= 15 is 0 Å². The summed E-state index contributed by atoms with van der Waals surface area (Å²) in [4.78, 5) is 16.2. The number of halogens is 2. The van der Waals surface area contributed by atoms with E-state index < -0.39 is 11.7 Å². The van der Waals surface area contributed by atoms with Gasteiger partial charge < -0.3 is 5.11 Å². The Balaban J connectivity index is 1.94. The number of benzene rings is 2. The first-order chi connectivity index (χ1) is 10.4. The number of thiazole rings is 1. The monoisotopic (exact) mass is 336 g/mol. The van der Waals surface area contributed by atoms with Crippen molar-refractivity contribution in [2.45, 2.75) is 6.92 Å². The molecule has 0 unspecified atom stereocenters. The van der Waals surface area contributed by atoms with Crippen LogP contribution in [0.2, 0.25) is 5.02 Å². The molecule has 4 nitrogen and oxygen atoms in total. The van der Waals surface area contributed by atoms with Gasteiger partial charge in [-0.15, -0.1) is 0 Å². The first-order valence-electron chi connectivity index (χ1n) is 6.30. The average molecular weight is 337 g/mol. The number of nitrogens with one attached hydrogen (secondary N) is 1. The van der Waals surface area contributed by atoms with Crippen molar-refractivity contribution in [3.05, 3.63) is 52.3 Å². The van der Waals surface area contributed by atoms with Crippen LogP contribution in [0.25, 0.3) is 10.2 Å². The molecule has 1 heterocycles. The summed E-state index contributed by atoms with van der Waals surface area (Å²) in [5, 5.41) is 12.8. The van der Waals surface area contributed by atoms with Crippen LogP contribution >= 0.6 is 22.9 Å². The minimum atomic E-state index is -0.559. The smallest absolute Gasteiger partial charge is 0.261 e. The molecule has 7 heteroatoms. The number of phenolic OH excluding ortho intramolecular Hbond substituents is 1. The number of carbonyl (C=O) groups excluding carboxylic acids is 1. The largest absolute Gasteiger partial charge is 0.507 e. The molecule has 0 saturated heterocycles. The fraction of sp³-hybridized carbons (Fsp3) is 0.0667. The number of aryl methyl sites for hydroxylation is 1. The Bertz CT molecular complexity index is 895. The lowest BCUT2D eigenvalue weighted by Gasteiger charge is -2.04. The molecule has 2 N–H and O–H groups in total. The van der Waals surface area contributed by atoms with Gasteiger partial charge in [0.15, 0.2) is 10.9 Å². The lowest BCUT2D eigenvalue weighted by Crippen LogP contribution is -2.11. The van der Waals surface area contributed by atoms with E-state index in [2.05, 4.69) is 10.3 Å². The van der Waals surface area contributed by atoms with Gasteiger partial charge in [-0.3, -0.25) is 10.1 Å². The van der Waals surface area contributed by atoms with Crippen molar-refractivity contribution < 1.29 is 14.3 Å². The third-order valence-corrected chi connectivity index (χ3v) is 4.17. The third kappa shape index (κ3) is 2.75. The highest BCUT2D eigenvalue weighted by Gasteiger charge is 2.15. The van der Waals surface area contributed by atoms with Crippen LogP contribution < -0.4 is 5.32 Å². The number of anilines is 1. The molecule has 0 aliphatic heterocycles. The fourth-order valence-electron chi connectivity index (χ4n) is 2.03.